The zero-order valence-electron chi connectivity index (χ0n) is 15.2. The smallest absolute Gasteiger partial charge is 0.261 e. The molecule has 0 bridgehead atoms. The molecule has 0 fully saturated rings. The van der Waals surface area contributed by atoms with Gasteiger partial charge in [0.05, 0.1) is 16.8 Å². The number of pyridine rings is 1. The predicted octanol–water partition coefficient (Wildman–Crippen LogP) is 2.86. The molecule has 0 saturated carbocycles. The second kappa shape index (κ2) is 8.31. The summed E-state index contributed by atoms with van der Waals surface area (Å²) in [6.07, 6.45) is 2.53. The maximum Gasteiger partial charge on any atom is 0.261 e. The van der Waals surface area contributed by atoms with Gasteiger partial charge in [-0.1, -0.05) is 6.07 Å². The molecule has 0 aliphatic heterocycles. The molecule has 0 radical (unpaired) electrons. The highest BCUT2D eigenvalue weighted by Crippen LogP contribution is 2.19. The Morgan fingerprint density at radius 2 is 1.84 bits per heavy atom. The monoisotopic (exact) mass is 362 g/mol. The SMILES string of the molecule is Cc1ccc(S(=O)(=O)Nc2ccc(NCCCN(C)C)nc2)cc1C. The van der Waals surface area contributed by atoms with Crippen LogP contribution in [-0.2, 0) is 10.0 Å². The minimum atomic E-state index is -3.61. The number of sulfonamides is 1. The molecule has 0 spiro atoms. The van der Waals surface area contributed by atoms with Crippen LogP contribution in [0.5, 0.6) is 0 Å². The van der Waals surface area contributed by atoms with E-state index >= 15 is 0 Å². The molecule has 2 N–H and O–H groups in total. The van der Waals surface area contributed by atoms with E-state index in [1.807, 2.05) is 34.0 Å². The van der Waals surface area contributed by atoms with E-state index in [0.717, 1.165) is 36.5 Å². The van der Waals surface area contributed by atoms with Gasteiger partial charge in [0.15, 0.2) is 0 Å². The van der Waals surface area contributed by atoms with Gasteiger partial charge in [0.25, 0.3) is 10.0 Å². The van der Waals surface area contributed by atoms with Gasteiger partial charge in [-0.15, -0.1) is 0 Å². The number of benzene rings is 1. The molecule has 0 unspecified atom stereocenters. The molecule has 7 heteroatoms. The second-order valence-electron chi connectivity index (χ2n) is 6.37. The molecule has 0 aliphatic carbocycles. The van der Waals surface area contributed by atoms with Crippen molar-refractivity contribution in [2.75, 3.05) is 37.2 Å². The minimum absolute atomic E-state index is 0.251. The number of hydrogen-bond acceptors (Lipinski definition) is 5. The lowest BCUT2D eigenvalue weighted by molar-refractivity contribution is 0.405. The Labute approximate surface area is 150 Å². The van der Waals surface area contributed by atoms with E-state index in [9.17, 15) is 8.42 Å². The summed E-state index contributed by atoms with van der Waals surface area (Å²) in [5.41, 5.74) is 2.45. The van der Waals surface area contributed by atoms with Crippen LogP contribution >= 0.6 is 0 Å². The molecule has 1 aromatic carbocycles. The largest absolute Gasteiger partial charge is 0.370 e. The average molecular weight is 362 g/mol. The molecule has 0 atom stereocenters. The van der Waals surface area contributed by atoms with E-state index < -0.39 is 10.0 Å². The van der Waals surface area contributed by atoms with Crippen LogP contribution in [0.2, 0.25) is 0 Å². The van der Waals surface area contributed by atoms with Crippen molar-refractivity contribution in [2.24, 2.45) is 0 Å². The zero-order chi connectivity index (χ0) is 18.4. The maximum absolute atomic E-state index is 12.5. The highest BCUT2D eigenvalue weighted by molar-refractivity contribution is 7.92. The van der Waals surface area contributed by atoms with Gasteiger partial charge in [-0.25, -0.2) is 13.4 Å². The number of aryl methyl sites for hydroxylation is 2. The number of hydrogen-bond donors (Lipinski definition) is 2. The van der Waals surface area contributed by atoms with Crippen molar-refractivity contribution in [3.05, 3.63) is 47.7 Å². The average Bonchev–Trinajstić information content (AvgIpc) is 2.55. The number of rotatable bonds is 8. The van der Waals surface area contributed by atoms with Gasteiger partial charge in [-0.05, 0) is 76.3 Å². The normalized spacial score (nSPS) is 11.6. The Kier molecular flexibility index (Phi) is 6.39. The maximum atomic E-state index is 12.5. The first-order valence-electron chi connectivity index (χ1n) is 8.22. The number of anilines is 2. The van der Waals surface area contributed by atoms with Gasteiger partial charge in [0, 0.05) is 6.54 Å². The van der Waals surface area contributed by atoms with Gasteiger partial charge in [0.1, 0.15) is 5.82 Å². The molecule has 2 aromatic rings. The van der Waals surface area contributed by atoms with E-state index in [4.69, 9.17) is 0 Å². The van der Waals surface area contributed by atoms with Crippen LogP contribution in [0.25, 0.3) is 0 Å². The third-order valence-corrected chi connectivity index (χ3v) is 5.27. The summed E-state index contributed by atoms with van der Waals surface area (Å²) in [4.78, 5) is 6.63. The summed E-state index contributed by atoms with van der Waals surface area (Å²) >= 11 is 0. The Hall–Kier alpha value is -2.12. The lowest BCUT2D eigenvalue weighted by Crippen LogP contribution is -2.16. The van der Waals surface area contributed by atoms with Crippen LogP contribution in [-0.4, -0.2) is 45.5 Å². The molecule has 25 heavy (non-hydrogen) atoms. The number of nitrogens with zero attached hydrogens (tertiary/aromatic N) is 2. The van der Waals surface area contributed by atoms with Crippen molar-refractivity contribution in [3.8, 4) is 0 Å². The van der Waals surface area contributed by atoms with Gasteiger partial charge in [0.2, 0.25) is 0 Å². The molecule has 6 nitrogen and oxygen atoms in total. The summed E-state index contributed by atoms with van der Waals surface area (Å²) in [6, 6.07) is 8.57. The topological polar surface area (TPSA) is 74.3 Å². The van der Waals surface area contributed by atoms with Gasteiger partial charge in [-0.3, -0.25) is 4.72 Å². The third-order valence-electron chi connectivity index (χ3n) is 3.89. The second-order valence-corrected chi connectivity index (χ2v) is 8.05. The van der Waals surface area contributed by atoms with E-state index in [1.54, 1.807) is 24.3 Å². The van der Waals surface area contributed by atoms with Crippen LogP contribution in [0.1, 0.15) is 17.5 Å². The van der Waals surface area contributed by atoms with Crippen molar-refractivity contribution in [3.63, 3.8) is 0 Å². The Bertz CT molecular complexity index is 802. The highest BCUT2D eigenvalue weighted by atomic mass is 32.2. The first-order valence-corrected chi connectivity index (χ1v) is 9.71. The lowest BCUT2D eigenvalue weighted by Gasteiger charge is -2.11. The summed E-state index contributed by atoms with van der Waals surface area (Å²) in [5.74, 6) is 0.730. The van der Waals surface area contributed by atoms with Crippen LogP contribution in [0, 0.1) is 13.8 Å². The molecule has 0 aliphatic rings. The van der Waals surface area contributed by atoms with E-state index in [-0.39, 0.29) is 4.90 Å². The fourth-order valence-electron chi connectivity index (χ4n) is 2.27. The first-order chi connectivity index (χ1) is 11.8. The Morgan fingerprint density at radius 3 is 2.44 bits per heavy atom. The fourth-order valence-corrected chi connectivity index (χ4v) is 3.39. The molecule has 136 valence electrons. The molecule has 0 amide bonds. The summed E-state index contributed by atoms with van der Waals surface area (Å²) in [5, 5.41) is 3.22. The van der Waals surface area contributed by atoms with Gasteiger partial charge in [-0.2, -0.15) is 0 Å². The summed E-state index contributed by atoms with van der Waals surface area (Å²) in [6.45, 7) is 5.67. The Balaban J connectivity index is 1.99. The van der Waals surface area contributed by atoms with Crippen molar-refractivity contribution >= 4 is 21.5 Å². The first kappa shape index (κ1) is 19.2. The van der Waals surface area contributed by atoms with Crippen molar-refractivity contribution in [2.45, 2.75) is 25.2 Å². The number of aromatic nitrogens is 1. The van der Waals surface area contributed by atoms with Gasteiger partial charge >= 0.3 is 0 Å². The van der Waals surface area contributed by atoms with Crippen LogP contribution in [0.3, 0.4) is 0 Å². The standard InChI is InChI=1S/C18H26N4O2S/c1-14-6-8-17(12-15(14)2)25(23,24)21-16-7-9-18(20-13-16)19-10-5-11-22(3)4/h6-9,12-13,21H,5,10-11H2,1-4H3,(H,19,20). The lowest BCUT2D eigenvalue weighted by atomic mass is 10.1. The highest BCUT2D eigenvalue weighted by Gasteiger charge is 2.15. The van der Waals surface area contributed by atoms with E-state index in [1.165, 1.54) is 6.20 Å². The zero-order valence-corrected chi connectivity index (χ0v) is 16.0. The molecular weight excluding hydrogens is 336 g/mol. The van der Waals surface area contributed by atoms with E-state index in [2.05, 4.69) is 19.9 Å². The quantitative estimate of drug-likeness (QED) is 0.707. The van der Waals surface area contributed by atoms with Crippen molar-refractivity contribution in [1.82, 2.24) is 9.88 Å². The van der Waals surface area contributed by atoms with Crippen LogP contribution < -0.4 is 10.0 Å². The Morgan fingerprint density at radius 1 is 1.08 bits per heavy atom. The van der Waals surface area contributed by atoms with E-state index in [0.29, 0.717) is 5.69 Å². The summed E-state index contributed by atoms with van der Waals surface area (Å²) < 4.78 is 27.5. The van der Waals surface area contributed by atoms with Crippen LogP contribution in [0.4, 0.5) is 11.5 Å². The predicted molar refractivity (Wildman–Crippen MR) is 103 cm³/mol. The summed E-state index contributed by atoms with van der Waals surface area (Å²) in [7, 11) is 0.461. The van der Waals surface area contributed by atoms with Crippen molar-refractivity contribution < 1.29 is 8.42 Å². The minimum Gasteiger partial charge on any atom is -0.370 e. The number of nitrogens with one attached hydrogen (secondary N) is 2. The molecule has 2 rings (SSSR count). The van der Waals surface area contributed by atoms with Gasteiger partial charge < -0.3 is 10.2 Å². The fraction of sp³-hybridized carbons (Fsp3) is 0.389. The third kappa shape index (κ3) is 5.72. The molecule has 1 heterocycles. The van der Waals surface area contributed by atoms with Crippen molar-refractivity contribution in [1.29, 1.82) is 0 Å². The van der Waals surface area contributed by atoms with Crippen LogP contribution in [0.15, 0.2) is 41.4 Å². The molecule has 1 aromatic heterocycles. The molecular formula is C18H26N4O2S. The molecule has 0 saturated heterocycles.